The number of carbonyl (C=O) groups is 1. The van der Waals surface area contributed by atoms with E-state index in [0.717, 1.165) is 6.42 Å². The molecule has 4 nitrogen and oxygen atoms in total. The Morgan fingerprint density at radius 3 is 2.33 bits per heavy atom. The highest BCUT2D eigenvalue weighted by Crippen LogP contribution is 2.51. The minimum Gasteiger partial charge on any atom is -0.463 e. The Labute approximate surface area is 129 Å². The van der Waals surface area contributed by atoms with E-state index >= 15 is 0 Å². The van der Waals surface area contributed by atoms with Crippen LogP contribution >= 0.6 is 0 Å². The predicted octanol–water partition coefficient (Wildman–Crippen LogP) is 2.96. The van der Waals surface area contributed by atoms with Crippen LogP contribution < -0.4 is 0 Å². The lowest BCUT2D eigenvalue weighted by molar-refractivity contribution is -0.159. The lowest BCUT2D eigenvalue weighted by Crippen LogP contribution is -2.56. The summed E-state index contributed by atoms with van der Waals surface area (Å²) >= 11 is 0. The Morgan fingerprint density at radius 1 is 1.33 bits per heavy atom. The maximum Gasteiger partial charge on any atom is 0.312 e. The Bertz CT molecular complexity index is 424. The van der Waals surface area contributed by atoms with E-state index in [1.54, 1.807) is 0 Å². The molecule has 0 aromatic heterocycles. The van der Waals surface area contributed by atoms with Crippen LogP contribution in [0.3, 0.4) is 0 Å². The van der Waals surface area contributed by atoms with Crippen LogP contribution in [-0.2, 0) is 14.0 Å². The van der Waals surface area contributed by atoms with E-state index in [-0.39, 0.29) is 34.4 Å². The minimum absolute atomic E-state index is 0.0234. The summed E-state index contributed by atoms with van der Waals surface area (Å²) in [4.78, 5) is 12.1. The quantitative estimate of drug-likeness (QED) is 0.643. The molecule has 0 amide bonds. The van der Waals surface area contributed by atoms with Crippen molar-refractivity contribution in [1.29, 1.82) is 0 Å². The van der Waals surface area contributed by atoms with Crippen molar-refractivity contribution >= 4 is 14.3 Å². The summed E-state index contributed by atoms with van der Waals surface area (Å²) in [6.45, 7) is 15.4. The first-order valence-corrected chi connectivity index (χ1v) is 10.8. The first-order valence-electron chi connectivity index (χ1n) is 7.89. The number of carbonyl (C=O) groups excluding carboxylic acids is 1. The van der Waals surface area contributed by atoms with Crippen molar-refractivity contribution in [2.45, 2.75) is 71.4 Å². The normalized spacial score (nSPS) is 36.3. The van der Waals surface area contributed by atoms with Gasteiger partial charge in [0.1, 0.15) is 6.61 Å². The first kappa shape index (κ1) is 17.0. The van der Waals surface area contributed by atoms with E-state index in [1.165, 1.54) is 0 Å². The monoisotopic (exact) mass is 314 g/mol. The molecule has 1 aliphatic heterocycles. The Morgan fingerprint density at radius 2 is 1.90 bits per heavy atom. The third kappa shape index (κ3) is 2.92. The van der Waals surface area contributed by atoms with E-state index in [2.05, 4.69) is 33.9 Å². The number of aliphatic hydroxyl groups is 1. The second-order valence-electron chi connectivity index (χ2n) is 8.87. The van der Waals surface area contributed by atoms with Gasteiger partial charge in [-0.3, -0.25) is 4.79 Å². The standard InChI is InChI=1S/C16H30O4Si/c1-15(2,3)21(6,7)20-11-9-19-14(18)12(11)10-8-16(4,5)13(10)17/h10-13,17H,8-9H2,1-7H3/t10-,11+,12+,13-/m0/s1. The molecule has 0 unspecified atom stereocenters. The highest BCUT2D eigenvalue weighted by Gasteiger charge is 2.57. The van der Waals surface area contributed by atoms with Gasteiger partial charge >= 0.3 is 5.97 Å². The third-order valence-corrected chi connectivity index (χ3v) is 10.2. The molecule has 1 heterocycles. The van der Waals surface area contributed by atoms with Crippen molar-refractivity contribution in [2.75, 3.05) is 6.61 Å². The van der Waals surface area contributed by atoms with E-state index in [0.29, 0.717) is 6.61 Å². The van der Waals surface area contributed by atoms with Gasteiger partial charge in [0, 0.05) is 5.92 Å². The molecule has 1 aliphatic carbocycles. The van der Waals surface area contributed by atoms with E-state index < -0.39 is 14.4 Å². The zero-order valence-electron chi connectivity index (χ0n) is 14.4. The second kappa shape index (κ2) is 5.07. The summed E-state index contributed by atoms with van der Waals surface area (Å²) in [5.74, 6) is -0.523. The van der Waals surface area contributed by atoms with Crippen LogP contribution in [-0.4, -0.2) is 38.2 Å². The summed E-state index contributed by atoms with van der Waals surface area (Å²) in [5, 5.41) is 10.4. The Kier molecular flexibility index (Phi) is 4.09. The number of cyclic esters (lactones) is 1. The van der Waals surface area contributed by atoms with Crippen molar-refractivity contribution in [3.63, 3.8) is 0 Å². The average Bonchev–Trinajstić information content (AvgIpc) is 2.65. The fourth-order valence-corrected chi connectivity index (χ4v) is 4.54. The van der Waals surface area contributed by atoms with Crippen LogP contribution in [0.1, 0.15) is 41.0 Å². The van der Waals surface area contributed by atoms with Crippen LogP contribution in [0.25, 0.3) is 0 Å². The van der Waals surface area contributed by atoms with Gasteiger partial charge in [-0.2, -0.15) is 0 Å². The molecular weight excluding hydrogens is 284 g/mol. The van der Waals surface area contributed by atoms with Gasteiger partial charge in [0.05, 0.1) is 18.1 Å². The molecule has 2 fully saturated rings. The molecule has 0 aromatic rings. The van der Waals surface area contributed by atoms with Crippen LogP contribution in [0.15, 0.2) is 0 Å². The molecule has 21 heavy (non-hydrogen) atoms. The van der Waals surface area contributed by atoms with Crippen molar-refractivity contribution < 1.29 is 19.1 Å². The first-order chi connectivity index (χ1) is 9.37. The zero-order chi connectivity index (χ0) is 16.2. The smallest absolute Gasteiger partial charge is 0.312 e. The molecule has 0 spiro atoms. The number of aliphatic hydroxyl groups excluding tert-OH is 1. The number of hydrogen-bond acceptors (Lipinski definition) is 4. The second-order valence-corrected chi connectivity index (χ2v) is 13.6. The van der Waals surface area contributed by atoms with Crippen LogP contribution in [0.4, 0.5) is 0 Å². The molecule has 1 saturated carbocycles. The summed E-state index contributed by atoms with van der Waals surface area (Å²) in [6.07, 6.45) is 0.207. The van der Waals surface area contributed by atoms with Gasteiger partial charge < -0.3 is 14.3 Å². The largest absolute Gasteiger partial charge is 0.463 e. The number of hydrogen-bond donors (Lipinski definition) is 1. The Balaban J connectivity index is 2.12. The van der Waals surface area contributed by atoms with Gasteiger partial charge in [0.25, 0.3) is 0 Å². The molecule has 0 bridgehead atoms. The van der Waals surface area contributed by atoms with Crippen LogP contribution in [0.2, 0.25) is 18.1 Å². The van der Waals surface area contributed by atoms with Crippen LogP contribution in [0.5, 0.6) is 0 Å². The number of rotatable bonds is 3. The van der Waals surface area contributed by atoms with Gasteiger partial charge in [0.2, 0.25) is 0 Å². The molecule has 4 atom stereocenters. The summed E-state index contributed by atoms with van der Waals surface area (Å²) in [5.41, 5.74) is -0.102. The highest BCUT2D eigenvalue weighted by molar-refractivity contribution is 6.74. The van der Waals surface area contributed by atoms with Gasteiger partial charge in [-0.15, -0.1) is 0 Å². The molecule has 2 rings (SSSR count). The van der Waals surface area contributed by atoms with Crippen molar-refractivity contribution in [3.8, 4) is 0 Å². The highest BCUT2D eigenvalue weighted by atomic mass is 28.4. The van der Waals surface area contributed by atoms with Gasteiger partial charge in [0.15, 0.2) is 8.32 Å². The fraction of sp³-hybridized carbons (Fsp3) is 0.938. The topological polar surface area (TPSA) is 55.8 Å². The molecular formula is C16H30O4Si. The summed E-state index contributed by atoms with van der Waals surface area (Å²) in [7, 11) is -1.95. The van der Waals surface area contributed by atoms with Crippen molar-refractivity contribution in [2.24, 2.45) is 17.3 Å². The number of ether oxygens (including phenoxy) is 1. The molecule has 0 radical (unpaired) electrons. The number of esters is 1. The van der Waals surface area contributed by atoms with E-state index in [9.17, 15) is 9.90 Å². The molecule has 2 aliphatic rings. The Hall–Kier alpha value is -0.393. The lowest BCUT2D eigenvalue weighted by Gasteiger charge is -2.51. The fourth-order valence-electron chi connectivity index (χ4n) is 3.21. The molecule has 1 N–H and O–H groups in total. The zero-order valence-corrected chi connectivity index (χ0v) is 15.4. The maximum absolute atomic E-state index is 12.1. The summed E-state index contributed by atoms with van der Waals surface area (Å²) < 4.78 is 11.7. The van der Waals surface area contributed by atoms with Crippen LogP contribution in [0, 0.1) is 17.3 Å². The van der Waals surface area contributed by atoms with Gasteiger partial charge in [-0.05, 0) is 30.0 Å². The van der Waals surface area contributed by atoms with E-state index in [1.807, 2.05) is 13.8 Å². The van der Waals surface area contributed by atoms with E-state index in [4.69, 9.17) is 9.16 Å². The SMILES string of the molecule is CC1(C)C[C@@H]([C@H]2C(=O)OC[C@H]2O[Si](C)(C)C(C)(C)C)[C@@H]1O. The third-order valence-electron chi connectivity index (χ3n) is 5.74. The molecule has 1 saturated heterocycles. The summed E-state index contributed by atoms with van der Waals surface area (Å²) in [6, 6.07) is 0. The molecule has 122 valence electrons. The molecule has 5 heteroatoms. The average molecular weight is 314 g/mol. The van der Waals surface area contributed by atoms with Crippen molar-refractivity contribution in [1.82, 2.24) is 0 Å². The van der Waals surface area contributed by atoms with Crippen molar-refractivity contribution in [3.05, 3.63) is 0 Å². The minimum atomic E-state index is -1.95. The molecule has 0 aromatic carbocycles. The maximum atomic E-state index is 12.1. The lowest BCUT2D eigenvalue weighted by atomic mass is 9.57. The van der Waals surface area contributed by atoms with Gasteiger partial charge in [-0.25, -0.2) is 0 Å². The predicted molar refractivity (Wildman–Crippen MR) is 84.4 cm³/mol. The van der Waals surface area contributed by atoms with Gasteiger partial charge in [-0.1, -0.05) is 34.6 Å².